The van der Waals surface area contributed by atoms with Crippen molar-refractivity contribution in [2.24, 2.45) is 0 Å². The quantitative estimate of drug-likeness (QED) is 0.410. The van der Waals surface area contributed by atoms with E-state index in [-0.39, 0.29) is 6.42 Å². The summed E-state index contributed by atoms with van der Waals surface area (Å²) >= 11 is 0. The molecule has 0 amide bonds. The van der Waals surface area contributed by atoms with Gasteiger partial charge in [0.15, 0.2) is 0 Å². The lowest BCUT2D eigenvalue weighted by Gasteiger charge is -2.07. The summed E-state index contributed by atoms with van der Waals surface area (Å²) in [4.78, 5) is 0. The Morgan fingerprint density at radius 1 is 1.38 bits per heavy atom. The second-order valence-corrected chi connectivity index (χ2v) is 3.92. The predicted octanol–water partition coefficient (Wildman–Crippen LogP) is 2.63. The molecule has 1 unspecified atom stereocenters. The summed E-state index contributed by atoms with van der Waals surface area (Å²) in [6, 6.07) is 0. The van der Waals surface area contributed by atoms with Crippen LogP contribution < -0.4 is 0 Å². The summed E-state index contributed by atoms with van der Waals surface area (Å²) in [6.45, 7) is 2.80. The van der Waals surface area contributed by atoms with Crippen LogP contribution in [0.1, 0.15) is 20.3 Å². The van der Waals surface area contributed by atoms with Gasteiger partial charge in [-0.05, 0) is 6.42 Å². The van der Waals surface area contributed by atoms with E-state index in [0.29, 0.717) is 0 Å². The van der Waals surface area contributed by atoms with Crippen LogP contribution in [-0.4, -0.2) is 9.08 Å². The second kappa shape index (κ2) is 2.52. The van der Waals surface area contributed by atoms with Gasteiger partial charge in [-0.2, -0.15) is 0 Å². The first-order valence-electron chi connectivity index (χ1n) is 2.55. The van der Waals surface area contributed by atoms with Crippen LogP contribution in [0.3, 0.4) is 0 Å². The van der Waals surface area contributed by atoms with E-state index in [2.05, 4.69) is 0 Å². The summed E-state index contributed by atoms with van der Waals surface area (Å²) in [5.41, 5.74) is -1.01. The fourth-order valence-electron chi connectivity index (χ4n) is 0.231. The monoisotopic (exact) mass is 142 g/mol. The number of halogens is 3. The van der Waals surface area contributed by atoms with Gasteiger partial charge in [-0.3, -0.25) is 0 Å². The van der Waals surface area contributed by atoms with Crippen molar-refractivity contribution < 1.29 is 12.3 Å². The maximum absolute atomic E-state index is 11.6. The molecule has 0 spiro atoms. The van der Waals surface area contributed by atoms with E-state index in [9.17, 15) is 12.3 Å². The van der Waals surface area contributed by atoms with Gasteiger partial charge in [0, 0.05) is 5.54 Å². The second-order valence-electron chi connectivity index (χ2n) is 1.85. The van der Waals surface area contributed by atoms with Crippen LogP contribution >= 0.6 is 0 Å². The van der Waals surface area contributed by atoms with Gasteiger partial charge in [0.25, 0.3) is 0 Å². The molecule has 0 N–H and O–H groups in total. The van der Waals surface area contributed by atoms with Crippen molar-refractivity contribution in [3.8, 4) is 0 Å². The first kappa shape index (κ1) is 8.01. The highest BCUT2D eigenvalue weighted by Crippen LogP contribution is 2.27. The normalized spacial score (nSPS) is 16.1. The highest BCUT2D eigenvalue weighted by Gasteiger charge is 2.42. The number of hydrogen-bond donors (Lipinski definition) is 0. The van der Waals surface area contributed by atoms with Crippen LogP contribution in [0.25, 0.3) is 0 Å². The van der Waals surface area contributed by atoms with Crippen LogP contribution in [-0.2, 0) is 0 Å². The van der Waals surface area contributed by atoms with E-state index in [1.165, 1.54) is 6.92 Å². The Hall–Kier alpha value is 0.00688. The third kappa shape index (κ3) is 2.35. The Kier molecular flexibility index (Phi) is 2.53. The summed E-state index contributed by atoms with van der Waals surface area (Å²) < 4.78 is 34.8. The molecule has 50 valence electrons. The molecule has 0 bridgehead atoms. The van der Waals surface area contributed by atoms with Crippen molar-refractivity contribution in [3.05, 3.63) is 0 Å². The lowest BCUT2D eigenvalue weighted by atomic mass is 10.4. The molecule has 0 saturated heterocycles. The number of hydrogen-bond acceptors (Lipinski definition) is 0. The third-order valence-electron chi connectivity index (χ3n) is 1.17. The Bertz CT molecular complexity index is 68.2. The highest BCUT2D eigenvalue weighted by molar-refractivity contribution is 6.60. The minimum Gasteiger partial charge on any atom is -0.237 e. The third-order valence-corrected chi connectivity index (χ3v) is 2.70. The molecule has 0 aliphatic carbocycles. The first-order valence-corrected chi connectivity index (χ1v) is 4.26. The molecular weight excluding hydrogens is 133 g/mol. The Balaban J connectivity index is 3.62. The minimum atomic E-state index is -5.26. The number of rotatable bonds is 2. The maximum atomic E-state index is 11.6. The SMILES string of the molecule is CCC(C)[Si](F)(F)F. The van der Waals surface area contributed by atoms with Gasteiger partial charge >= 0.3 is 9.08 Å². The molecule has 0 aliphatic rings. The van der Waals surface area contributed by atoms with E-state index >= 15 is 0 Å². The van der Waals surface area contributed by atoms with Crippen LogP contribution in [0.4, 0.5) is 12.3 Å². The summed E-state index contributed by atoms with van der Waals surface area (Å²) in [6.07, 6.45) is 0.232. The Morgan fingerprint density at radius 2 is 1.75 bits per heavy atom. The fraction of sp³-hybridized carbons (Fsp3) is 1.00. The van der Waals surface area contributed by atoms with Crippen molar-refractivity contribution in [1.82, 2.24) is 0 Å². The molecule has 0 radical (unpaired) electrons. The smallest absolute Gasteiger partial charge is 0.237 e. The molecule has 1 atom stereocenters. The molecule has 4 heteroatoms. The molecule has 0 aromatic rings. The van der Waals surface area contributed by atoms with E-state index in [4.69, 9.17) is 0 Å². The minimum absolute atomic E-state index is 0.232. The van der Waals surface area contributed by atoms with Crippen LogP contribution in [0, 0.1) is 0 Å². The van der Waals surface area contributed by atoms with Gasteiger partial charge in [-0.25, -0.2) is 12.3 Å². The molecule has 0 aromatic heterocycles. The van der Waals surface area contributed by atoms with Gasteiger partial charge < -0.3 is 0 Å². The van der Waals surface area contributed by atoms with Crippen LogP contribution in [0.5, 0.6) is 0 Å². The lowest BCUT2D eigenvalue weighted by Crippen LogP contribution is -2.20. The highest BCUT2D eigenvalue weighted by atomic mass is 28.5. The average molecular weight is 142 g/mol. The lowest BCUT2D eigenvalue weighted by molar-refractivity contribution is 0.435. The van der Waals surface area contributed by atoms with Gasteiger partial charge in [-0.15, -0.1) is 0 Å². The van der Waals surface area contributed by atoms with E-state index in [1.807, 2.05) is 0 Å². The predicted molar refractivity (Wildman–Crippen MR) is 28.8 cm³/mol. The average Bonchev–Trinajstić information content (AvgIpc) is 1.62. The van der Waals surface area contributed by atoms with E-state index in [1.54, 1.807) is 6.92 Å². The fourth-order valence-corrected chi connectivity index (χ4v) is 0.694. The van der Waals surface area contributed by atoms with Gasteiger partial charge in [-0.1, -0.05) is 13.8 Å². The standard InChI is InChI=1S/C4H9F3Si/c1-3-4(2)8(5,6)7/h4H,3H2,1-2H3. The van der Waals surface area contributed by atoms with Crippen molar-refractivity contribution in [2.75, 3.05) is 0 Å². The first-order chi connectivity index (χ1) is 3.48. The molecule has 0 saturated carbocycles. The van der Waals surface area contributed by atoms with Gasteiger partial charge in [0.1, 0.15) is 0 Å². The van der Waals surface area contributed by atoms with Gasteiger partial charge in [0.2, 0.25) is 0 Å². The largest absolute Gasteiger partial charge is 0.619 e. The van der Waals surface area contributed by atoms with Crippen LogP contribution in [0.2, 0.25) is 5.54 Å². The zero-order chi connectivity index (χ0) is 6.78. The molecule has 0 heterocycles. The summed E-state index contributed by atoms with van der Waals surface area (Å²) in [5, 5.41) is 0. The van der Waals surface area contributed by atoms with Crippen molar-refractivity contribution in [1.29, 1.82) is 0 Å². The molecule has 0 aromatic carbocycles. The van der Waals surface area contributed by atoms with Crippen molar-refractivity contribution in [2.45, 2.75) is 25.8 Å². The van der Waals surface area contributed by atoms with Crippen molar-refractivity contribution >= 4 is 9.08 Å². The molecule has 0 fully saturated rings. The van der Waals surface area contributed by atoms with E-state index in [0.717, 1.165) is 0 Å². The Labute approximate surface area is 48.2 Å². The molecule has 8 heavy (non-hydrogen) atoms. The molecular formula is C4H9F3Si. The molecule has 0 rings (SSSR count). The van der Waals surface area contributed by atoms with Gasteiger partial charge in [0.05, 0.1) is 0 Å². The molecule has 0 nitrogen and oxygen atoms in total. The van der Waals surface area contributed by atoms with Crippen molar-refractivity contribution in [3.63, 3.8) is 0 Å². The zero-order valence-corrected chi connectivity index (χ0v) is 5.92. The zero-order valence-electron chi connectivity index (χ0n) is 4.92. The summed E-state index contributed by atoms with van der Waals surface area (Å²) in [7, 11) is -5.26. The maximum Gasteiger partial charge on any atom is 0.619 e. The van der Waals surface area contributed by atoms with E-state index < -0.39 is 14.6 Å². The topological polar surface area (TPSA) is 0 Å². The Morgan fingerprint density at radius 3 is 1.75 bits per heavy atom. The summed E-state index contributed by atoms with van der Waals surface area (Å²) in [5.74, 6) is 0. The van der Waals surface area contributed by atoms with Crippen LogP contribution in [0.15, 0.2) is 0 Å². The molecule has 0 aliphatic heterocycles.